The first-order valence-corrected chi connectivity index (χ1v) is 10.4. The quantitative estimate of drug-likeness (QED) is 0.463. The summed E-state index contributed by atoms with van der Waals surface area (Å²) in [5, 5.41) is 1.14. The number of nitrogens with zero attached hydrogens (tertiary/aromatic N) is 1. The number of H-pyrrole nitrogens is 1. The van der Waals surface area contributed by atoms with Crippen LogP contribution in [0.15, 0.2) is 72.8 Å². The Bertz CT molecular complexity index is 1240. The number of ether oxygens (including phenoxy) is 1. The van der Waals surface area contributed by atoms with Crippen molar-refractivity contribution in [3.8, 4) is 17.0 Å². The Morgan fingerprint density at radius 3 is 2.63 bits per heavy atom. The minimum absolute atomic E-state index is 0.110. The number of nitrogens with one attached hydrogen (secondary N) is 1. The molecule has 1 N–H and O–H groups in total. The Morgan fingerprint density at radius 2 is 1.80 bits per heavy atom. The van der Waals surface area contributed by atoms with Crippen LogP contribution < -0.4 is 4.74 Å². The first-order valence-electron chi connectivity index (χ1n) is 10.4. The summed E-state index contributed by atoms with van der Waals surface area (Å²) in [6.07, 6.45) is 0.910. The van der Waals surface area contributed by atoms with Gasteiger partial charge in [0, 0.05) is 34.1 Å². The number of aromatic nitrogens is 1. The second-order valence-corrected chi connectivity index (χ2v) is 7.68. The van der Waals surface area contributed by atoms with Crippen LogP contribution in [0.5, 0.6) is 5.75 Å². The molecule has 0 bridgehead atoms. The van der Waals surface area contributed by atoms with Gasteiger partial charge in [0.05, 0.1) is 18.8 Å². The number of para-hydroxylation sites is 1. The molecule has 0 saturated carbocycles. The van der Waals surface area contributed by atoms with E-state index in [9.17, 15) is 4.79 Å². The van der Waals surface area contributed by atoms with Gasteiger partial charge in [-0.1, -0.05) is 55.5 Å². The maximum Gasteiger partial charge on any atom is 0.255 e. The van der Waals surface area contributed by atoms with Crippen molar-refractivity contribution in [1.29, 1.82) is 0 Å². The smallest absolute Gasteiger partial charge is 0.255 e. The normalized spacial score (nSPS) is 15.6. The third kappa shape index (κ3) is 2.79. The van der Waals surface area contributed by atoms with Crippen molar-refractivity contribution in [1.82, 2.24) is 9.88 Å². The minimum Gasteiger partial charge on any atom is -0.497 e. The van der Waals surface area contributed by atoms with Crippen molar-refractivity contribution in [2.24, 2.45) is 0 Å². The monoisotopic (exact) mass is 396 g/mol. The van der Waals surface area contributed by atoms with E-state index in [-0.39, 0.29) is 11.9 Å². The van der Waals surface area contributed by atoms with Crippen LogP contribution in [0, 0.1) is 0 Å². The zero-order chi connectivity index (χ0) is 20.7. The van der Waals surface area contributed by atoms with Gasteiger partial charge >= 0.3 is 0 Å². The van der Waals surface area contributed by atoms with E-state index < -0.39 is 0 Å². The number of hydrogen-bond donors (Lipinski definition) is 1. The highest BCUT2D eigenvalue weighted by Gasteiger charge is 2.39. The van der Waals surface area contributed by atoms with Crippen molar-refractivity contribution in [2.75, 3.05) is 13.7 Å². The number of methoxy groups -OCH3 is 1. The molecule has 0 fully saturated rings. The Kier molecular flexibility index (Phi) is 4.55. The highest BCUT2D eigenvalue weighted by atomic mass is 16.5. The van der Waals surface area contributed by atoms with Gasteiger partial charge in [-0.2, -0.15) is 0 Å². The van der Waals surface area contributed by atoms with Crippen molar-refractivity contribution < 1.29 is 9.53 Å². The number of carbonyl (C=O) groups excluding carboxylic acids is 1. The number of hydrogen-bond acceptors (Lipinski definition) is 2. The van der Waals surface area contributed by atoms with Crippen molar-refractivity contribution in [3.63, 3.8) is 0 Å². The molecule has 1 amide bonds. The number of amides is 1. The van der Waals surface area contributed by atoms with E-state index in [4.69, 9.17) is 4.74 Å². The first kappa shape index (κ1) is 18.5. The van der Waals surface area contributed by atoms with Crippen LogP contribution in [-0.4, -0.2) is 29.4 Å². The van der Waals surface area contributed by atoms with Gasteiger partial charge in [-0.3, -0.25) is 4.79 Å². The number of fused-ring (bicyclic) bond motifs is 2. The Morgan fingerprint density at radius 1 is 1.00 bits per heavy atom. The van der Waals surface area contributed by atoms with Crippen LogP contribution in [-0.2, 0) is 0 Å². The molecule has 0 radical (unpaired) electrons. The zero-order valence-corrected chi connectivity index (χ0v) is 17.2. The molecule has 0 spiro atoms. The number of benzene rings is 3. The molecule has 3 aromatic carbocycles. The highest BCUT2D eigenvalue weighted by molar-refractivity contribution is 6.02. The van der Waals surface area contributed by atoms with Crippen molar-refractivity contribution >= 4 is 16.8 Å². The van der Waals surface area contributed by atoms with Gasteiger partial charge in [-0.05, 0) is 36.2 Å². The molecule has 1 atom stereocenters. The lowest BCUT2D eigenvalue weighted by molar-refractivity contribution is 0.0751. The summed E-state index contributed by atoms with van der Waals surface area (Å²) in [5.41, 5.74) is 6.17. The molecule has 0 unspecified atom stereocenters. The fourth-order valence-electron chi connectivity index (χ4n) is 4.61. The molecular formula is C26H24N2O2. The summed E-state index contributed by atoms with van der Waals surface area (Å²) in [5.74, 6) is 0.921. The average molecular weight is 396 g/mol. The van der Waals surface area contributed by atoms with Crippen LogP contribution in [0.1, 0.15) is 40.9 Å². The Balaban J connectivity index is 1.80. The summed E-state index contributed by atoms with van der Waals surface area (Å²) in [6, 6.07) is 24.3. The maximum absolute atomic E-state index is 13.3. The molecule has 2 heterocycles. The van der Waals surface area contributed by atoms with Gasteiger partial charge in [0.15, 0.2) is 0 Å². The maximum atomic E-state index is 13.3. The number of aromatic amines is 1. The molecule has 1 aliphatic rings. The van der Waals surface area contributed by atoms with Crippen molar-refractivity contribution in [2.45, 2.75) is 19.4 Å². The summed E-state index contributed by atoms with van der Waals surface area (Å²) in [4.78, 5) is 18.9. The van der Waals surface area contributed by atoms with Gasteiger partial charge in [-0.25, -0.2) is 0 Å². The van der Waals surface area contributed by atoms with Crippen LogP contribution in [0.4, 0.5) is 0 Å². The third-order valence-corrected chi connectivity index (χ3v) is 5.90. The van der Waals surface area contributed by atoms with E-state index in [0.29, 0.717) is 0 Å². The molecule has 5 rings (SSSR count). The molecular weight excluding hydrogens is 372 g/mol. The van der Waals surface area contributed by atoms with Crippen LogP contribution >= 0.6 is 0 Å². The largest absolute Gasteiger partial charge is 0.497 e. The predicted molar refractivity (Wildman–Crippen MR) is 120 cm³/mol. The second kappa shape index (κ2) is 7.38. The molecule has 4 heteroatoms. The average Bonchev–Trinajstić information content (AvgIpc) is 3.30. The van der Waals surface area contributed by atoms with Crippen LogP contribution in [0.25, 0.3) is 22.2 Å². The first-order chi connectivity index (χ1) is 14.7. The number of carbonyl (C=O) groups is 1. The Hall–Kier alpha value is -3.53. The van der Waals surface area contributed by atoms with E-state index in [1.165, 1.54) is 0 Å². The molecule has 1 aromatic heterocycles. The lowest BCUT2D eigenvalue weighted by atomic mass is 9.93. The fraction of sp³-hybridized carbons (Fsp3) is 0.192. The molecule has 150 valence electrons. The van der Waals surface area contributed by atoms with Gasteiger partial charge in [0.25, 0.3) is 5.91 Å². The van der Waals surface area contributed by atoms with Gasteiger partial charge in [0.1, 0.15) is 5.75 Å². The van der Waals surface area contributed by atoms with Gasteiger partial charge < -0.3 is 14.6 Å². The van der Waals surface area contributed by atoms with E-state index in [0.717, 1.165) is 57.6 Å². The van der Waals surface area contributed by atoms with E-state index in [1.54, 1.807) is 7.11 Å². The molecule has 1 aliphatic heterocycles. The van der Waals surface area contributed by atoms with Gasteiger partial charge in [0.2, 0.25) is 0 Å². The van der Waals surface area contributed by atoms with Crippen molar-refractivity contribution in [3.05, 3.63) is 89.5 Å². The lowest BCUT2D eigenvalue weighted by Gasteiger charge is -2.26. The summed E-state index contributed by atoms with van der Waals surface area (Å²) in [7, 11) is 1.68. The second-order valence-electron chi connectivity index (χ2n) is 7.68. The van der Waals surface area contributed by atoms with E-state index in [2.05, 4.69) is 42.2 Å². The summed E-state index contributed by atoms with van der Waals surface area (Å²) < 4.78 is 5.47. The lowest BCUT2D eigenvalue weighted by Crippen LogP contribution is -2.29. The highest BCUT2D eigenvalue weighted by Crippen LogP contribution is 2.45. The van der Waals surface area contributed by atoms with E-state index >= 15 is 0 Å². The van der Waals surface area contributed by atoms with Crippen LogP contribution in [0.2, 0.25) is 0 Å². The van der Waals surface area contributed by atoms with E-state index in [1.807, 2.05) is 47.4 Å². The van der Waals surface area contributed by atoms with Gasteiger partial charge in [-0.15, -0.1) is 0 Å². The molecule has 4 aromatic rings. The zero-order valence-electron chi connectivity index (χ0n) is 17.2. The summed E-state index contributed by atoms with van der Waals surface area (Å²) >= 11 is 0. The van der Waals surface area contributed by atoms with Crippen LogP contribution in [0.3, 0.4) is 0 Å². The molecule has 30 heavy (non-hydrogen) atoms. The molecule has 0 aliphatic carbocycles. The standard InChI is InChI=1S/C26H24N2O2/c1-3-15-28-25(19-11-4-5-12-20(19)26(28)29)23-21-13-6-7-14-22(21)27-24(23)17-9-8-10-18(16-17)30-2/h4-14,16,25,27H,3,15H2,1-2H3/t25-/m0/s1. The topological polar surface area (TPSA) is 45.3 Å². The Labute approximate surface area is 176 Å². The molecule has 0 saturated heterocycles. The summed E-state index contributed by atoms with van der Waals surface area (Å²) in [6.45, 7) is 2.83. The minimum atomic E-state index is -0.119. The molecule has 4 nitrogen and oxygen atoms in total. The predicted octanol–water partition coefficient (Wildman–Crippen LogP) is 5.80. The number of rotatable bonds is 5. The third-order valence-electron chi connectivity index (χ3n) is 5.90. The SMILES string of the molecule is CCCN1C(=O)c2ccccc2[C@H]1c1c(-c2cccc(OC)c2)[nH]c2ccccc12. The fourth-order valence-corrected chi connectivity index (χ4v) is 4.61.